The van der Waals surface area contributed by atoms with E-state index >= 15 is 0 Å². The summed E-state index contributed by atoms with van der Waals surface area (Å²) in [6.45, 7) is 3.52. The molecule has 130 valence electrons. The van der Waals surface area contributed by atoms with E-state index < -0.39 is 15.9 Å². The van der Waals surface area contributed by atoms with Gasteiger partial charge in [0.2, 0.25) is 15.9 Å². The van der Waals surface area contributed by atoms with E-state index in [0.29, 0.717) is 24.6 Å². The van der Waals surface area contributed by atoms with E-state index in [0.717, 1.165) is 17.1 Å². The Kier molecular flexibility index (Phi) is 4.57. The Bertz CT molecular complexity index is 785. The Morgan fingerprint density at radius 2 is 1.92 bits per heavy atom. The number of carbonyl (C=O) groups is 2. The summed E-state index contributed by atoms with van der Waals surface area (Å²) in [5, 5.41) is 0.137. The molecular formula is C16H19ClN2O4S. The summed E-state index contributed by atoms with van der Waals surface area (Å²) in [4.78, 5) is 26.4. The van der Waals surface area contributed by atoms with Crippen LogP contribution in [0.3, 0.4) is 0 Å². The quantitative estimate of drug-likeness (QED) is 0.800. The van der Waals surface area contributed by atoms with E-state index in [1.165, 1.54) is 12.1 Å². The fourth-order valence-electron chi connectivity index (χ4n) is 3.04. The zero-order valence-corrected chi connectivity index (χ0v) is 14.9. The number of likely N-dealkylation sites (tertiary alicyclic amines) is 1. The number of halogens is 1. The summed E-state index contributed by atoms with van der Waals surface area (Å²) in [6.07, 6.45) is 1.83. The Balaban J connectivity index is 1.92. The van der Waals surface area contributed by atoms with Gasteiger partial charge in [-0.2, -0.15) is 0 Å². The summed E-state index contributed by atoms with van der Waals surface area (Å²) in [7, 11) is -3.71. The van der Waals surface area contributed by atoms with Crippen LogP contribution in [-0.4, -0.2) is 44.0 Å². The predicted molar refractivity (Wildman–Crippen MR) is 91.6 cm³/mol. The Hall–Kier alpha value is -1.60. The lowest BCUT2D eigenvalue weighted by atomic mass is 9.98. The summed E-state index contributed by atoms with van der Waals surface area (Å²) in [5.41, 5.74) is 0.411. The first-order valence-electron chi connectivity index (χ1n) is 7.94. The molecule has 2 aliphatic heterocycles. The molecule has 24 heavy (non-hydrogen) atoms. The Morgan fingerprint density at radius 3 is 2.50 bits per heavy atom. The molecule has 3 rings (SSSR count). The Morgan fingerprint density at radius 1 is 1.25 bits per heavy atom. The van der Waals surface area contributed by atoms with Crippen molar-refractivity contribution in [3.63, 3.8) is 0 Å². The van der Waals surface area contributed by atoms with E-state index in [4.69, 9.17) is 11.6 Å². The van der Waals surface area contributed by atoms with E-state index in [1.807, 2.05) is 0 Å². The zero-order valence-electron chi connectivity index (χ0n) is 13.4. The number of benzene rings is 1. The lowest BCUT2D eigenvalue weighted by molar-refractivity contribution is -0.116. The van der Waals surface area contributed by atoms with E-state index in [-0.39, 0.29) is 28.8 Å². The molecule has 2 fully saturated rings. The van der Waals surface area contributed by atoms with Crippen molar-refractivity contribution in [3.8, 4) is 0 Å². The van der Waals surface area contributed by atoms with Crippen LogP contribution in [0.5, 0.6) is 0 Å². The molecule has 1 aromatic rings. The molecule has 6 nitrogen and oxygen atoms in total. The number of piperidine rings is 1. The summed E-state index contributed by atoms with van der Waals surface area (Å²) in [5.74, 6) is -0.316. The van der Waals surface area contributed by atoms with Gasteiger partial charge in [0.05, 0.1) is 16.5 Å². The van der Waals surface area contributed by atoms with Gasteiger partial charge in [-0.05, 0) is 37.0 Å². The molecule has 0 unspecified atom stereocenters. The first-order chi connectivity index (χ1) is 11.3. The van der Waals surface area contributed by atoms with Gasteiger partial charge in [-0.25, -0.2) is 12.7 Å². The highest BCUT2D eigenvalue weighted by Crippen LogP contribution is 2.33. The highest BCUT2D eigenvalue weighted by molar-refractivity contribution is 7.94. The Labute approximate surface area is 146 Å². The second kappa shape index (κ2) is 6.37. The normalized spacial score (nSPS) is 21.3. The maximum absolute atomic E-state index is 12.7. The topological polar surface area (TPSA) is 74.8 Å². The van der Waals surface area contributed by atoms with Crippen molar-refractivity contribution in [2.45, 2.75) is 26.2 Å². The van der Waals surface area contributed by atoms with Gasteiger partial charge in [-0.15, -0.1) is 0 Å². The molecule has 0 aromatic heterocycles. The van der Waals surface area contributed by atoms with Gasteiger partial charge in [0, 0.05) is 25.1 Å². The number of anilines is 1. The maximum Gasteiger partial charge on any atom is 0.253 e. The molecule has 0 bridgehead atoms. The van der Waals surface area contributed by atoms with Crippen LogP contribution in [0.4, 0.5) is 5.69 Å². The van der Waals surface area contributed by atoms with Crippen molar-refractivity contribution in [2.24, 2.45) is 5.92 Å². The number of hydrogen-bond donors (Lipinski definition) is 0. The standard InChI is InChI=1S/C16H19ClN2O4S/c1-11-4-7-18(8-5-11)16(21)12-2-3-13(17)14(10-12)19-15(20)6-9-24(19,22)23/h2-3,10-11H,4-9H2,1H3. The van der Waals surface area contributed by atoms with Gasteiger partial charge < -0.3 is 4.90 Å². The number of hydrogen-bond acceptors (Lipinski definition) is 4. The number of nitrogens with zero attached hydrogens (tertiary/aromatic N) is 2. The first kappa shape index (κ1) is 17.2. The molecule has 2 saturated heterocycles. The monoisotopic (exact) mass is 370 g/mol. The predicted octanol–water partition coefficient (Wildman–Crippen LogP) is 2.28. The summed E-state index contributed by atoms with van der Waals surface area (Å²) in [6, 6.07) is 4.45. The van der Waals surface area contributed by atoms with Gasteiger partial charge in [-0.1, -0.05) is 18.5 Å². The minimum Gasteiger partial charge on any atom is -0.339 e. The van der Waals surface area contributed by atoms with Crippen LogP contribution in [0.1, 0.15) is 36.5 Å². The highest BCUT2D eigenvalue weighted by atomic mass is 35.5. The molecule has 8 heteroatoms. The smallest absolute Gasteiger partial charge is 0.253 e. The SMILES string of the molecule is CC1CCN(C(=O)c2ccc(Cl)c(N3C(=O)CCS3(=O)=O)c2)CC1. The fourth-order valence-corrected chi connectivity index (χ4v) is 4.76. The van der Waals surface area contributed by atoms with Crippen LogP contribution in [-0.2, 0) is 14.8 Å². The lowest BCUT2D eigenvalue weighted by Gasteiger charge is -2.30. The minimum absolute atomic E-state index is 0.0652. The molecule has 0 saturated carbocycles. The third-order valence-electron chi connectivity index (χ3n) is 4.56. The van der Waals surface area contributed by atoms with Gasteiger partial charge in [-0.3, -0.25) is 9.59 Å². The molecule has 0 N–H and O–H groups in total. The van der Waals surface area contributed by atoms with Crippen molar-refractivity contribution in [1.82, 2.24) is 4.90 Å². The molecule has 0 aliphatic carbocycles. The van der Waals surface area contributed by atoms with Crippen molar-refractivity contribution >= 4 is 39.1 Å². The van der Waals surface area contributed by atoms with Crippen molar-refractivity contribution in [3.05, 3.63) is 28.8 Å². The molecular weight excluding hydrogens is 352 g/mol. The first-order valence-corrected chi connectivity index (χ1v) is 9.93. The van der Waals surface area contributed by atoms with Gasteiger partial charge in [0.15, 0.2) is 0 Å². The third-order valence-corrected chi connectivity index (χ3v) is 6.56. The largest absolute Gasteiger partial charge is 0.339 e. The molecule has 0 spiro atoms. The average Bonchev–Trinajstić information content (AvgIpc) is 2.81. The zero-order chi connectivity index (χ0) is 17.5. The molecule has 2 amide bonds. The third kappa shape index (κ3) is 3.15. The number of carbonyl (C=O) groups excluding carboxylic acids is 2. The number of rotatable bonds is 2. The van der Waals surface area contributed by atoms with Gasteiger partial charge in [0.1, 0.15) is 0 Å². The minimum atomic E-state index is -3.71. The lowest BCUT2D eigenvalue weighted by Crippen LogP contribution is -2.38. The van der Waals surface area contributed by atoms with E-state index in [1.54, 1.807) is 11.0 Å². The van der Waals surface area contributed by atoms with Crippen molar-refractivity contribution in [2.75, 3.05) is 23.1 Å². The maximum atomic E-state index is 12.7. The number of sulfonamides is 1. The van der Waals surface area contributed by atoms with E-state index in [9.17, 15) is 18.0 Å². The molecule has 1 aromatic carbocycles. The van der Waals surface area contributed by atoms with Crippen LogP contribution in [0.15, 0.2) is 18.2 Å². The van der Waals surface area contributed by atoms with Crippen LogP contribution in [0.2, 0.25) is 5.02 Å². The van der Waals surface area contributed by atoms with Gasteiger partial charge in [0.25, 0.3) is 5.91 Å². The number of amides is 2. The highest BCUT2D eigenvalue weighted by Gasteiger charge is 2.37. The van der Waals surface area contributed by atoms with Crippen LogP contribution in [0.25, 0.3) is 0 Å². The van der Waals surface area contributed by atoms with Crippen molar-refractivity contribution in [1.29, 1.82) is 0 Å². The summed E-state index contributed by atoms with van der Waals surface area (Å²) < 4.78 is 24.9. The second-order valence-corrected chi connectivity index (χ2v) is 8.71. The van der Waals surface area contributed by atoms with Crippen LogP contribution < -0.4 is 4.31 Å². The van der Waals surface area contributed by atoms with Crippen LogP contribution in [0, 0.1) is 5.92 Å². The molecule has 2 heterocycles. The average molecular weight is 371 g/mol. The van der Waals surface area contributed by atoms with Crippen molar-refractivity contribution < 1.29 is 18.0 Å². The second-order valence-electron chi connectivity index (χ2n) is 6.37. The van der Waals surface area contributed by atoms with E-state index in [2.05, 4.69) is 6.92 Å². The molecule has 2 aliphatic rings. The summed E-state index contributed by atoms with van der Waals surface area (Å²) >= 11 is 6.10. The fraction of sp³-hybridized carbons (Fsp3) is 0.500. The molecule has 0 atom stereocenters. The molecule has 0 radical (unpaired) electrons. The van der Waals surface area contributed by atoms with Crippen LogP contribution >= 0.6 is 11.6 Å². The van der Waals surface area contributed by atoms with Gasteiger partial charge >= 0.3 is 0 Å².